The first-order valence-electron chi connectivity index (χ1n) is 9.09. The predicted octanol–water partition coefficient (Wildman–Crippen LogP) is 4.98. The average Bonchev–Trinajstić information content (AvgIpc) is 2.37. The predicted molar refractivity (Wildman–Crippen MR) is 106 cm³/mol. The molecule has 0 saturated heterocycles. The Morgan fingerprint density at radius 1 is 0.609 bits per heavy atom. The standard InChI is InChI=1S/C16H40O4Si3/c1-9-17-13-11-15-21(3,4)19-23(7,8)20-22(5,6)16-12-14-18-10-2/h9-16H2,1-8H3. The SMILES string of the molecule is CCOCCC[Si](C)(C)O[Si](C)(C)O[Si](C)(C)CCCOCC. The van der Waals surface area contributed by atoms with Gasteiger partial charge in [-0.3, -0.25) is 0 Å². The van der Waals surface area contributed by atoms with E-state index >= 15 is 0 Å². The van der Waals surface area contributed by atoms with E-state index in [0.717, 1.165) is 51.4 Å². The minimum Gasteiger partial charge on any atom is -0.437 e. The van der Waals surface area contributed by atoms with Crippen LogP contribution in [0.4, 0.5) is 0 Å². The Balaban J connectivity index is 4.31. The minimum absolute atomic E-state index is 0.799. The first-order valence-corrected chi connectivity index (χ1v) is 18.1. The molecule has 0 fully saturated rings. The van der Waals surface area contributed by atoms with Crippen molar-refractivity contribution in [3.8, 4) is 0 Å². The van der Waals surface area contributed by atoms with Gasteiger partial charge in [0.1, 0.15) is 0 Å². The fraction of sp³-hybridized carbons (Fsp3) is 1.00. The summed E-state index contributed by atoms with van der Waals surface area (Å²) in [7, 11) is -5.43. The van der Waals surface area contributed by atoms with Crippen molar-refractivity contribution < 1.29 is 17.7 Å². The molecule has 0 atom stereocenters. The lowest BCUT2D eigenvalue weighted by Gasteiger charge is -2.38. The zero-order chi connectivity index (χ0) is 18.0. The number of rotatable bonds is 14. The smallest absolute Gasteiger partial charge is 0.311 e. The van der Waals surface area contributed by atoms with Crippen molar-refractivity contribution in [3.05, 3.63) is 0 Å². The molecule has 0 heterocycles. The first-order chi connectivity index (χ1) is 10.5. The van der Waals surface area contributed by atoms with Gasteiger partial charge in [0.25, 0.3) is 0 Å². The van der Waals surface area contributed by atoms with Gasteiger partial charge >= 0.3 is 8.56 Å². The summed E-state index contributed by atoms with van der Waals surface area (Å²) in [4.78, 5) is 0. The van der Waals surface area contributed by atoms with Gasteiger partial charge < -0.3 is 17.7 Å². The summed E-state index contributed by atoms with van der Waals surface area (Å²) in [5, 5.41) is 0. The molecular weight excluding hydrogens is 340 g/mol. The Morgan fingerprint density at radius 3 is 1.26 bits per heavy atom. The van der Waals surface area contributed by atoms with E-state index in [9.17, 15) is 0 Å². The monoisotopic (exact) mass is 380 g/mol. The molecule has 0 rings (SSSR count). The molecule has 0 radical (unpaired) electrons. The maximum atomic E-state index is 6.57. The van der Waals surface area contributed by atoms with Crippen molar-refractivity contribution in [2.45, 2.75) is 78.1 Å². The van der Waals surface area contributed by atoms with Gasteiger partial charge in [-0.15, -0.1) is 0 Å². The highest BCUT2D eigenvalue weighted by atomic mass is 28.5. The van der Waals surface area contributed by atoms with E-state index in [-0.39, 0.29) is 0 Å². The van der Waals surface area contributed by atoms with Gasteiger partial charge in [0.05, 0.1) is 0 Å². The largest absolute Gasteiger partial charge is 0.437 e. The quantitative estimate of drug-likeness (QED) is 0.314. The second-order valence-electron chi connectivity index (χ2n) is 7.72. The van der Waals surface area contributed by atoms with E-state index in [0.29, 0.717) is 0 Å². The van der Waals surface area contributed by atoms with Crippen molar-refractivity contribution in [1.29, 1.82) is 0 Å². The summed E-state index contributed by atoms with van der Waals surface area (Å²) in [5.74, 6) is 0. The molecule has 140 valence electrons. The fourth-order valence-electron chi connectivity index (χ4n) is 2.94. The number of hydrogen-bond acceptors (Lipinski definition) is 4. The molecule has 0 aromatic heterocycles. The molecular formula is C16H40O4Si3. The third-order valence-corrected chi connectivity index (χ3v) is 15.1. The lowest BCUT2D eigenvalue weighted by atomic mass is 10.5. The van der Waals surface area contributed by atoms with Gasteiger partial charge in [-0.1, -0.05) is 0 Å². The fourth-order valence-corrected chi connectivity index (χ4v) is 16.9. The van der Waals surface area contributed by atoms with E-state index < -0.39 is 25.2 Å². The minimum atomic E-state index is -2.07. The van der Waals surface area contributed by atoms with Crippen molar-refractivity contribution >= 4 is 25.2 Å². The molecule has 0 saturated carbocycles. The summed E-state index contributed by atoms with van der Waals surface area (Å²) in [6.45, 7) is 21.0. The van der Waals surface area contributed by atoms with Crippen LogP contribution in [0.5, 0.6) is 0 Å². The molecule has 0 aromatic carbocycles. The lowest BCUT2D eigenvalue weighted by Crippen LogP contribution is -2.52. The molecule has 4 nitrogen and oxygen atoms in total. The molecule has 23 heavy (non-hydrogen) atoms. The van der Waals surface area contributed by atoms with E-state index in [1.54, 1.807) is 0 Å². The summed E-state index contributed by atoms with van der Waals surface area (Å²) in [6, 6.07) is 2.28. The maximum absolute atomic E-state index is 6.57. The third kappa shape index (κ3) is 13.5. The molecule has 0 aliphatic rings. The Hall–Kier alpha value is 0.491. The van der Waals surface area contributed by atoms with Crippen molar-refractivity contribution in [3.63, 3.8) is 0 Å². The van der Waals surface area contributed by atoms with E-state index in [1.807, 2.05) is 13.8 Å². The summed E-state index contributed by atoms with van der Waals surface area (Å²) < 4.78 is 24.0. The molecule has 0 aliphatic carbocycles. The second kappa shape index (κ2) is 11.2. The van der Waals surface area contributed by atoms with Gasteiger partial charge in [-0.05, 0) is 78.1 Å². The second-order valence-corrected chi connectivity index (χ2v) is 20.2. The van der Waals surface area contributed by atoms with Crippen LogP contribution in [0.25, 0.3) is 0 Å². The number of ether oxygens (including phenoxy) is 2. The van der Waals surface area contributed by atoms with Crippen LogP contribution in [0.2, 0.25) is 51.4 Å². The first kappa shape index (κ1) is 23.5. The van der Waals surface area contributed by atoms with Gasteiger partial charge in [0.2, 0.25) is 0 Å². The van der Waals surface area contributed by atoms with E-state index in [4.69, 9.17) is 17.7 Å². The molecule has 0 amide bonds. The van der Waals surface area contributed by atoms with Crippen molar-refractivity contribution in [2.24, 2.45) is 0 Å². The Bertz CT molecular complexity index is 282. The Labute approximate surface area is 147 Å². The van der Waals surface area contributed by atoms with Crippen molar-refractivity contribution in [1.82, 2.24) is 0 Å². The highest BCUT2D eigenvalue weighted by molar-refractivity contribution is 6.87. The Morgan fingerprint density at radius 2 is 0.957 bits per heavy atom. The molecule has 0 bridgehead atoms. The molecule has 0 N–H and O–H groups in total. The zero-order valence-corrected chi connectivity index (χ0v) is 19.8. The van der Waals surface area contributed by atoms with Crippen LogP contribution >= 0.6 is 0 Å². The van der Waals surface area contributed by atoms with E-state index in [1.165, 1.54) is 0 Å². The van der Waals surface area contributed by atoms with Crippen LogP contribution in [0.3, 0.4) is 0 Å². The lowest BCUT2D eigenvalue weighted by molar-refractivity contribution is 0.147. The van der Waals surface area contributed by atoms with Crippen molar-refractivity contribution in [2.75, 3.05) is 26.4 Å². The molecule has 0 unspecified atom stereocenters. The van der Waals surface area contributed by atoms with Crippen LogP contribution in [0.15, 0.2) is 0 Å². The highest BCUT2D eigenvalue weighted by Crippen LogP contribution is 2.26. The van der Waals surface area contributed by atoms with Crippen LogP contribution in [-0.4, -0.2) is 51.6 Å². The normalized spacial score (nSPS) is 13.6. The third-order valence-electron chi connectivity index (χ3n) is 3.59. The molecule has 0 spiro atoms. The van der Waals surface area contributed by atoms with Crippen LogP contribution in [0.1, 0.15) is 26.7 Å². The summed E-state index contributed by atoms with van der Waals surface area (Å²) >= 11 is 0. The Kier molecular flexibility index (Phi) is 11.4. The van der Waals surface area contributed by atoms with Crippen LogP contribution < -0.4 is 0 Å². The van der Waals surface area contributed by atoms with Gasteiger partial charge in [-0.2, -0.15) is 0 Å². The maximum Gasteiger partial charge on any atom is 0.311 e. The van der Waals surface area contributed by atoms with Crippen LogP contribution in [-0.2, 0) is 17.7 Å². The molecule has 0 aromatic rings. The molecule has 0 aliphatic heterocycles. The molecule has 7 heteroatoms. The zero-order valence-electron chi connectivity index (χ0n) is 16.8. The summed E-state index contributed by atoms with van der Waals surface area (Å²) in [6.07, 6.45) is 2.18. The van der Waals surface area contributed by atoms with Crippen LogP contribution in [0, 0.1) is 0 Å². The number of hydrogen-bond donors (Lipinski definition) is 0. The van der Waals surface area contributed by atoms with Gasteiger partial charge in [-0.25, -0.2) is 0 Å². The average molecular weight is 381 g/mol. The van der Waals surface area contributed by atoms with E-state index in [2.05, 4.69) is 39.3 Å². The van der Waals surface area contributed by atoms with Gasteiger partial charge in [0, 0.05) is 26.4 Å². The highest BCUT2D eigenvalue weighted by Gasteiger charge is 2.39. The summed E-state index contributed by atoms with van der Waals surface area (Å²) in [5.41, 5.74) is 0. The topological polar surface area (TPSA) is 36.9 Å². The van der Waals surface area contributed by atoms with Gasteiger partial charge in [0.15, 0.2) is 16.6 Å².